The van der Waals surface area contributed by atoms with Gasteiger partial charge in [0.05, 0.1) is 6.21 Å². The van der Waals surface area contributed by atoms with E-state index in [2.05, 4.69) is 10.5 Å². The lowest BCUT2D eigenvalue weighted by Gasteiger charge is -2.11. The van der Waals surface area contributed by atoms with Gasteiger partial charge in [0.25, 0.3) is 0 Å². The lowest BCUT2D eigenvalue weighted by atomic mass is 10.1. The first-order valence-corrected chi connectivity index (χ1v) is 5.89. The summed E-state index contributed by atoms with van der Waals surface area (Å²) in [7, 11) is 0. The minimum absolute atomic E-state index is 0.667. The van der Waals surface area contributed by atoms with Crippen molar-refractivity contribution in [1.29, 1.82) is 0 Å². The van der Waals surface area contributed by atoms with Gasteiger partial charge >= 0.3 is 5.97 Å². The van der Waals surface area contributed by atoms with Crippen molar-refractivity contribution < 1.29 is 9.90 Å². The minimum atomic E-state index is -0.962. The predicted molar refractivity (Wildman–Crippen MR) is 74.0 cm³/mol. The number of carboxylic acids is 1. The van der Waals surface area contributed by atoms with Crippen LogP contribution in [0.15, 0.2) is 65.8 Å². The third kappa shape index (κ3) is 3.67. The summed E-state index contributed by atoms with van der Waals surface area (Å²) in [6, 6.07) is 17.6. The van der Waals surface area contributed by atoms with Crippen molar-refractivity contribution in [1.82, 2.24) is 5.43 Å². The molecule has 2 aromatic rings. The molecule has 2 N–H and O–H groups in total. The van der Waals surface area contributed by atoms with Crippen molar-refractivity contribution in [3.63, 3.8) is 0 Å². The average molecular weight is 254 g/mol. The van der Waals surface area contributed by atoms with E-state index in [-0.39, 0.29) is 0 Å². The van der Waals surface area contributed by atoms with Crippen LogP contribution in [0.25, 0.3) is 0 Å². The summed E-state index contributed by atoms with van der Waals surface area (Å²) in [6.45, 7) is 0. The van der Waals surface area contributed by atoms with Crippen LogP contribution in [-0.4, -0.2) is 17.3 Å². The van der Waals surface area contributed by atoms with E-state index in [0.717, 1.165) is 5.56 Å². The predicted octanol–water partition coefficient (Wildman–Crippen LogP) is 2.44. The second-order valence-electron chi connectivity index (χ2n) is 3.98. The van der Waals surface area contributed by atoms with Gasteiger partial charge in [0, 0.05) is 0 Å². The Morgan fingerprint density at radius 2 is 1.63 bits per heavy atom. The van der Waals surface area contributed by atoms with Crippen molar-refractivity contribution in [3.05, 3.63) is 71.8 Å². The van der Waals surface area contributed by atoms with Crippen molar-refractivity contribution in [2.24, 2.45) is 5.10 Å². The molecule has 19 heavy (non-hydrogen) atoms. The number of hydrogen-bond acceptors (Lipinski definition) is 3. The van der Waals surface area contributed by atoms with E-state index < -0.39 is 12.0 Å². The maximum atomic E-state index is 11.2. The van der Waals surface area contributed by atoms with Crippen LogP contribution in [0.2, 0.25) is 0 Å². The van der Waals surface area contributed by atoms with Crippen LogP contribution >= 0.6 is 0 Å². The van der Waals surface area contributed by atoms with Crippen molar-refractivity contribution >= 4 is 12.2 Å². The molecule has 0 heterocycles. The maximum absolute atomic E-state index is 11.2. The molecule has 0 radical (unpaired) electrons. The van der Waals surface area contributed by atoms with E-state index in [4.69, 9.17) is 0 Å². The molecule has 0 bridgehead atoms. The summed E-state index contributed by atoms with van der Waals surface area (Å²) >= 11 is 0. The molecular weight excluding hydrogens is 240 g/mol. The molecule has 2 rings (SSSR count). The van der Waals surface area contributed by atoms with E-state index in [9.17, 15) is 9.90 Å². The normalized spacial score (nSPS) is 12.2. The summed E-state index contributed by atoms with van der Waals surface area (Å²) in [4.78, 5) is 11.2. The van der Waals surface area contributed by atoms with Gasteiger partial charge in [0.1, 0.15) is 0 Å². The Balaban J connectivity index is 2.07. The topological polar surface area (TPSA) is 61.7 Å². The highest BCUT2D eigenvalue weighted by Crippen LogP contribution is 2.12. The molecule has 96 valence electrons. The van der Waals surface area contributed by atoms with Gasteiger partial charge in [-0.15, -0.1) is 0 Å². The van der Waals surface area contributed by atoms with Crippen LogP contribution in [0, 0.1) is 0 Å². The van der Waals surface area contributed by atoms with Gasteiger partial charge in [-0.1, -0.05) is 60.7 Å². The summed E-state index contributed by atoms with van der Waals surface area (Å²) in [6.07, 6.45) is 1.60. The molecule has 4 nitrogen and oxygen atoms in total. The first kappa shape index (κ1) is 12.8. The number of hydrazone groups is 1. The van der Waals surface area contributed by atoms with Crippen molar-refractivity contribution in [2.45, 2.75) is 6.04 Å². The highest BCUT2D eigenvalue weighted by atomic mass is 16.4. The van der Waals surface area contributed by atoms with E-state index in [1.165, 1.54) is 0 Å². The monoisotopic (exact) mass is 254 g/mol. The molecule has 0 unspecified atom stereocenters. The molecule has 0 amide bonds. The lowest BCUT2D eigenvalue weighted by molar-refractivity contribution is -0.139. The Bertz CT molecular complexity index is 553. The fourth-order valence-corrected chi connectivity index (χ4v) is 1.64. The molecule has 0 aliphatic heterocycles. The second-order valence-corrected chi connectivity index (χ2v) is 3.98. The van der Waals surface area contributed by atoms with Crippen LogP contribution in [0.3, 0.4) is 0 Å². The fraction of sp³-hybridized carbons (Fsp3) is 0.0667. The molecular formula is C15H14N2O2. The number of nitrogens with zero attached hydrogens (tertiary/aromatic N) is 1. The molecule has 0 spiro atoms. The van der Waals surface area contributed by atoms with Crippen LogP contribution < -0.4 is 5.43 Å². The van der Waals surface area contributed by atoms with Crippen molar-refractivity contribution in [2.75, 3.05) is 0 Å². The van der Waals surface area contributed by atoms with Crippen molar-refractivity contribution in [3.8, 4) is 0 Å². The first-order chi connectivity index (χ1) is 9.27. The third-order valence-corrected chi connectivity index (χ3v) is 2.60. The molecule has 0 saturated carbocycles. The third-order valence-electron chi connectivity index (χ3n) is 2.60. The molecule has 0 fully saturated rings. The smallest absolute Gasteiger partial charge is 0.332 e. The molecule has 0 aromatic heterocycles. The van der Waals surface area contributed by atoms with Crippen LogP contribution in [0.4, 0.5) is 0 Å². The minimum Gasteiger partial charge on any atom is -0.479 e. The van der Waals surface area contributed by atoms with Gasteiger partial charge in [0.15, 0.2) is 6.04 Å². The van der Waals surface area contributed by atoms with Gasteiger partial charge in [-0.25, -0.2) is 4.79 Å². The van der Waals surface area contributed by atoms with Crippen LogP contribution in [0.5, 0.6) is 0 Å². The largest absolute Gasteiger partial charge is 0.479 e. The Hall–Kier alpha value is -2.62. The van der Waals surface area contributed by atoms with E-state index >= 15 is 0 Å². The molecule has 0 saturated heterocycles. The van der Waals surface area contributed by atoms with Gasteiger partial charge in [0.2, 0.25) is 0 Å². The standard InChI is InChI=1S/C15H14N2O2/c18-15(19)14(13-9-5-2-6-10-13)17-16-11-12-7-3-1-4-8-12/h1-11,14,17H,(H,18,19)/b16-11+/t14-/m0/s1. The fourth-order valence-electron chi connectivity index (χ4n) is 1.64. The zero-order chi connectivity index (χ0) is 13.5. The summed E-state index contributed by atoms with van der Waals surface area (Å²) < 4.78 is 0. The molecule has 0 aliphatic carbocycles. The molecule has 4 heteroatoms. The second kappa shape index (κ2) is 6.35. The number of carbonyl (C=O) groups is 1. The highest BCUT2D eigenvalue weighted by molar-refractivity contribution is 5.80. The number of carboxylic acid groups (broad SMARTS) is 1. The quantitative estimate of drug-likeness (QED) is 0.636. The van der Waals surface area contributed by atoms with Crippen LogP contribution in [-0.2, 0) is 4.79 Å². The Morgan fingerprint density at radius 1 is 1.05 bits per heavy atom. The zero-order valence-electron chi connectivity index (χ0n) is 10.2. The highest BCUT2D eigenvalue weighted by Gasteiger charge is 2.17. The number of benzene rings is 2. The summed E-state index contributed by atoms with van der Waals surface area (Å²) in [5.74, 6) is -0.962. The van der Waals surface area contributed by atoms with Crippen LogP contribution in [0.1, 0.15) is 17.2 Å². The van der Waals surface area contributed by atoms with E-state index in [0.29, 0.717) is 5.56 Å². The molecule has 0 aliphatic rings. The number of rotatable bonds is 5. The maximum Gasteiger partial charge on any atom is 0.332 e. The lowest BCUT2D eigenvalue weighted by Crippen LogP contribution is -2.24. The molecule has 1 atom stereocenters. The Labute approximate surface area is 111 Å². The molecule has 2 aromatic carbocycles. The van der Waals surface area contributed by atoms with E-state index in [1.54, 1.807) is 30.5 Å². The van der Waals surface area contributed by atoms with Gasteiger partial charge in [-0.3, -0.25) is 5.43 Å². The number of aliphatic carboxylic acids is 1. The van der Waals surface area contributed by atoms with Gasteiger partial charge in [-0.05, 0) is 11.1 Å². The van der Waals surface area contributed by atoms with Gasteiger partial charge in [-0.2, -0.15) is 5.10 Å². The first-order valence-electron chi connectivity index (χ1n) is 5.89. The SMILES string of the molecule is O=C(O)[C@@H](N/N=C/c1ccccc1)c1ccccc1. The average Bonchev–Trinajstić information content (AvgIpc) is 2.45. The number of hydrogen-bond donors (Lipinski definition) is 2. The van der Waals surface area contributed by atoms with E-state index in [1.807, 2.05) is 36.4 Å². The summed E-state index contributed by atoms with van der Waals surface area (Å²) in [5, 5.41) is 13.2. The van der Waals surface area contributed by atoms with Gasteiger partial charge < -0.3 is 5.11 Å². The Morgan fingerprint density at radius 3 is 2.21 bits per heavy atom. The zero-order valence-corrected chi connectivity index (χ0v) is 10.2. The Kier molecular flexibility index (Phi) is 4.29. The number of nitrogens with one attached hydrogen (secondary N) is 1. The summed E-state index contributed by atoms with van der Waals surface area (Å²) in [5.41, 5.74) is 4.23.